The Morgan fingerprint density at radius 1 is 1.32 bits per heavy atom. The molecule has 0 heterocycles. The van der Waals surface area contributed by atoms with Crippen molar-refractivity contribution in [2.75, 3.05) is 5.32 Å². The van der Waals surface area contributed by atoms with Crippen molar-refractivity contribution in [1.29, 1.82) is 0 Å². The van der Waals surface area contributed by atoms with Gasteiger partial charge in [-0.05, 0) is 37.5 Å². The van der Waals surface area contributed by atoms with Crippen molar-refractivity contribution in [2.45, 2.75) is 31.7 Å². The van der Waals surface area contributed by atoms with E-state index in [2.05, 4.69) is 5.32 Å². The van der Waals surface area contributed by atoms with Gasteiger partial charge in [0.2, 0.25) is 0 Å². The second-order valence-electron chi connectivity index (χ2n) is 5.39. The summed E-state index contributed by atoms with van der Waals surface area (Å²) in [5, 5.41) is 14.0. The molecule has 0 radical (unpaired) electrons. The fraction of sp³-hybridized carbons (Fsp3) is 0.538. The molecule has 0 saturated heterocycles. The maximum atomic E-state index is 13.5. The van der Waals surface area contributed by atoms with E-state index < -0.39 is 10.7 Å². The molecule has 0 aliphatic heterocycles. The van der Waals surface area contributed by atoms with Gasteiger partial charge in [-0.3, -0.25) is 10.1 Å². The lowest BCUT2D eigenvalue weighted by Gasteiger charge is -2.19. The summed E-state index contributed by atoms with van der Waals surface area (Å²) < 4.78 is 13.5. The highest BCUT2D eigenvalue weighted by Crippen LogP contribution is 2.46. The third kappa shape index (κ3) is 2.66. The maximum Gasteiger partial charge on any atom is 0.294 e. The summed E-state index contributed by atoms with van der Waals surface area (Å²) in [4.78, 5) is 10.5. The number of hydrogen-bond acceptors (Lipinski definition) is 3. The molecule has 1 aromatic rings. The van der Waals surface area contributed by atoms with Gasteiger partial charge in [-0.2, -0.15) is 0 Å². The van der Waals surface area contributed by atoms with Crippen LogP contribution in [0.5, 0.6) is 0 Å². The molecule has 6 heteroatoms. The number of hydrogen-bond donors (Lipinski definition) is 1. The highest BCUT2D eigenvalue weighted by Gasteiger charge is 2.42. The minimum Gasteiger partial charge on any atom is -0.376 e. The van der Waals surface area contributed by atoms with Crippen LogP contribution < -0.4 is 5.32 Å². The minimum absolute atomic E-state index is 0.155. The van der Waals surface area contributed by atoms with E-state index in [-0.39, 0.29) is 22.4 Å². The van der Waals surface area contributed by atoms with Crippen LogP contribution >= 0.6 is 11.6 Å². The van der Waals surface area contributed by atoms with Crippen LogP contribution in [0.25, 0.3) is 0 Å². The van der Waals surface area contributed by atoms with Crippen LogP contribution in [-0.2, 0) is 0 Å². The van der Waals surface area contributed by atoms with E-state index in [4.69, 9.17) is 11.6 Å². The van der Waals surface area contributed by atoms with E-state index >= 15 is 0 Å². The number of anilines is 1. The van der Waals surface area contributed by atoms with Crippen LogP contribution in [0.3, 0.4) is 0 Å². The Morgan fingerprint density at radius 2 is 1.89 bits per heavy atom. The van der Waals surface area contributed by atoms with Crippen molar-refractivity contribution in [2.24, 2.45) is 11.8 Å². The Balaban J connectivity index is 1.89. The largest absolute Gasteiger partial charge is 0.376 e. The lowest BCUT2D eigenvalue weighted by atomic mass is 10.1. The van der Waals surface area contributed by atoms with Gasteiger partial charge in [0.15, 0.2) is 0 Å². The van der Waals surface area contributed by atoms with Gasteiger partial charge in [0.05, 0.1) is 9.95 Å². The van der Waals surface area contributed by atoms with Gasteiger partial charge in [0.25, 0.3) is 5.69 Å². The molecule has 0 unspecified atom stereocenters. The number of nitro benzene ring substituents is 1. The van der Waals surface area contributed by atoms with E-state index in [1.165, 1.54) is 0 Å². The summed E-state index contributed by atoms with van der Waals surface area (Å²) in [5.41, 5.74) is 0.0911. The Labute approximate surface area is 115 Å². The first kappa shape index (κ1) is 12.7. The van der Waals surface area contributed by atoms with Gasteiger partial charge in [-0.15, -0.1) is 0 Å². The Kier molecular flexibility index (Phi) is 3.09. The first-order valence-corrected chi connectivity index (χ1v) is 6.84. The van der Waals surface area contributed by atoms with Crippen molar-refractivity contribution in [1.82, 2.24) is 0 Å². The first-order valence-electron chi connectivity index (χ1n) is 6.46. The quantitative estimate of drug-likeness (QED) is 0.657. The van der Waals surface area contributed by atoms with Crippen LogP contribution in [0.4, 0.5) is 15.8 Å². The van der Waals surface area contributed by atoms with Gasteiger partial charge in [0, 0.05) is 18.2 Å². The average Bonchev–Trinajstić information content (AvgIpc) is 3.23. The van der Waals surface area contributed by atoms with Crippen molar-refractivity contribution >= 4 is 23.0 Å². The van der Waals surface area contributed by atoms with Gasteiger partial charge in [-0.25, -0.2) is 4.39 Å². The van der Waals surface area contributed by atoms with Crippen LogP contribution in [0.15, 0.2) is 12.1 Å². The first-order chi connectivity index (χ1) is 9.06. The Hall–Kier alpha value is -1.36. The Bertz CT molecular complexity index is 518. The van der Waals surface area contributed by atoms with Crippen LogP contribution in [-0.4, -0.2) is 11.0 Å². The predicted molar refractivity (Wildman–Crippen MR) is 70.9 cm³/mol. The molecule has 0 aromatic heterocycles. The van der Waals surface area contributed by atoms with E-state index in [1.807, 2.05) is 0 Å². The summed E-state index contributed by atoms with van der Waals surface area (Å²) in [6, 6.07) is 2.45. The third-order valence-electron chi connectivity index (χ3n) is 3.82. The molecule has 4 nitrogen and oxygen atoms in total. The standard InChI is InChI=1S/C13H14ClFN2O2/c14-9-5-12(17(18)19)11(6-10(9)15)16-13(7-1-2-7)8-3-4-8/h5-8,13,16H,1-4H2. The zero-order valence-electron chi connectivity index (χ0n) is 10.2. The number of rotatable bonds is 5. The van der Waals surface area contributed by atoms with E-state index in [0.29, 0.717) is 11.8 Å². The number of nitrogens with zero attached hydrogens (tertiary/aromatic N) is 1. The van der Waals surface area contributed by atoms with Crippen LogP contribution in [0.2, 0.25) is 5.02 Å². The van der Waals surface area contributed by atoms with Crippen molar-refractivity contribution in [3.63, 3.8) is 0 Å². The second kappa shape index (κ2) is 4.63. The van der Waals surface area contributed by atoms with Crippen molar-refractivity contribution in [3.8, 4) is 0 Å². The summed E-state index contributed by atoms with van der Waals surface area (Å²) in [6.45, 7) is 0. The minimum atomic E-state index is -0.625. The third-order valence-corrected chi connectivity index (χ3v) is 4.11. The SMILES string of the molecule is O=[N+]([O-])c1cc(Cl)c(F)cc1NC(C1CC1)C1CC1. The highest BCUT2D eigenvalue weighted by molar-refractivity contribution is 6.31. The number of nitro groups is 1. The molecule has 2 aliphatic carbocycles. The topological polar surface area (TPSA) is 55.2 Å². The molecule has 0 atom stereocenters. The number of nitrogens with one attached hydrogen (secondary N) is 1. The molecular formula is C13H14ClFN2O2. The fourth-order valence-corrected chi connectivity index (χ4v) is 2.67. The number of halogens is 2. The molecule has 2 aliphatic rings. The van der Waals surface area contributed by atoms with E-state index in [1.54, 1.807) is 0 Å². The van der Waals surface area contributed by atoms with E-state index in [0.717, 1.165) is 37.8 Å². The summed E-state index contributed by atoms with van der Waals surface area (Å²) >= 11 is 5.61. The van der Waals surface area contributed by atoms with Gasteiger partial charge in [0.1, 0.15) is 11.5 Å². The molecule has 2 fully saturated rings. The molecule has 3 rings (SSSR count). The van der Waals surface area contributed by atoms with Crippen molar-refractivity contribution in [3.05, 3.63) is 33.1 Å². The van der Waals surface area contributed by atoms with E-state index in [9.17, 15) is 14.5 Å². The summed E-state index contributed by atoms with van der Waals surface area (Å²) in [7, 11) is 0. The molecule has 102 valence electrons. The lowest BCUT2D eigenvalue weighted by molar-refractivity contribution is -0.384. The molecule has 0 amide bonds. The average molecular weight is 285 g/mol. The summed E-state index contributed by atoms with van der Waals surface area (Å²) in [5.74, 6) is 0.525. The molecule has 1 N–H and O–H groups in total. The molecule has 0 spiro atoms. The normalized spacial score (nSPS) is 18.7. The lowest BCUT2D eigenvalue weighted by Crippen LogP contribution is -2.24. The van der Waals surface area contributed by atoms with Gasteiger partial charge >= 0.3 is 0 Å². The molecular weight excluding hydrogens is 271 g/mol. The fourth-order valence-electron chi connectivity index (χ4n) is 2.51. The smallest absolute Gasteiger partial charge is 0.294 e. The van der Waals surface area contributed by atoms with Crippen LogP contribution in [0.1, 0.15) is 25.7 Å². The molecule has 1 aromatic carbocycles. The zero-order valence-corrected chi connectivity index (χ0v) is 11.0. The molecule has 2 saturated carbocycles. The van der Waals surface area contributed by atoms with Crippen molar-refractivity contribution < 1.29 is 9.31 Å². The summed E-state index contributed by atoms with van der Waals surface area (Å²) in [6.07, 6.45) is 4.60. The molecule has 0 bridgehead atoms. The predicted octanol–water partition coefficient (Wildman–Crippen LogP) is 3.99. The Morgan fingerprint density at radius 3 is 2.37 bits per heavy atom. The second-order valence-corrected chi connectivity index (χ2v) is 5.79. The van der Waals surface area contributed by atoms with Crippen LogP contribution in [0, 0.1) is 27.8 Å². The van der Waals surface area contributed by atoms with Gasteiger partial charge < -0.3 is 5.32 Å². The molecule has 19 heavy (non-hydrogen) atoms. The zero-order chi connectivity index (χ0) is 13.6. The maximum absolute atomic E-state index is 13.5. The number of benzene rings is 1. The highest BCUT2D eigenvalue weighted by atomic mass is 35.5. The monoisotopic (exact) mass is 284 g/mol. The van der Waals surface area contributed by atoms with Gasteiger partial charge in [-0.1, -0.05) is 11.6 Å².